The molecule has 72 valence electrons. The van der Waals surface area contributed by atoms with Crippen LogP contribution < -0.4 is 0 Å². The molecule has 0 saturated carbocycles. The van der Waals surface area contributed by atoms with Gasteiger partial charge in [0.2, 0.25) is 0 Å². The molecule has 1 heterocycles. The van der Waals surface area contributed by atoms with E-state index in [0.29, 0.717) is 13.2 Å². The Morgan fingerprint density at radius 1 is 1.17 bits per heavy atom. The van der Waals surface area contributed by atoms with E-state index >= 15 is 0 Å². The van der Waals surface area contributed by atoms with Crippen LogP contribution >= 0.6 is 0 Å². The Morgan fingerprint density at radius 2 is 1.83 bits per heavy atom. The molecule has 0 atom stereocenters. The van der Waals surface area contributed by atoms with Crippen molar-refractivity contribution in [3.8, 4) is 0 Å². The monoisotopic (exact) mass is 174 g/mol. The Balaban J connectivity index is 2.37. The highest BCUT2D eigenvalue weighted by molar-refractivity contribution is 4.77. The summed E-state index contributed by atoms with van der Waals surface area (Å²) in [5.74, 6) is 0. The summed E-state index contributed by atoms with van der Waals surface area (Å²) in [5.41, 5.74) is 0.203. The summed E-state index contributed by atoms with van der Waals surface area (Å²) in [7, 11) is 0. The quantitative estimate of drug-likeness (QED) is 0.613. The van der Waals surface area contributed by atoms with E-state index < -0.39 is 0 Å². The predicted octanol–water partition coefficient (Wildman–Crippen LogP) is 2.47. The number of hydrogen-bond donors (Lipinski definition) is 0. The maximum absolute atomic E-state index is 4.85. The molecule has 0 N–H and O–H groups in total. The second kappa shape index (κ2) is 4.80. The standard InChI is InChI=1S/C9H18O3/c1-3-5-6-9(4-2)7-10-12-11-8-9/h3-8H2,1-2H3. The number of rotatable bonds is 4. The molecule has 0 aromatic heterocycles. The first-order valence-electron chi connectivity index (χ1n) is 4.74. The summed E-state index contributed by atoms with van der Waals surface area (Å²) in [6, 6.07) is 0. The van der Waals surface area contributed by atoms with Crippen LogP contribution in [0.3, 0.4) is 0 Å². The maximum atomic E-state index is 4.85. The highest BCUT2D eigenvalue weighted by Gasteiger charge is 2.32. The van der Waals surface area contributed by atoms with E-state index in [4.69, 9.17) is 9.78 Å². The second-order valence-electron chi connectivity index (χ2n) is 3.55. The third-order valence-corrected chi connectivity index (χ3v) is 2.64. The minimum Gasteiger partial charge on any atom is -0.206 e. The first-order valence-corrected chi connectivity index (χ1v) is 4.74. The molecule has 0 bridgehead atoms. The zero-order chi connectivity index (χ0) is 8.86. The van der Waals surface area contributed by atoms with Gasteiger partial charge >= 0.3 is 0 Å². The fourth-order valence-electron chi connectivity index (χ4n) is 1.45. The SMILES string of the molecule is CCCCC1(CC)COOOC1. The summed E-state index contributed by atoms with van der Waals surface area (Å²) >= 11 is 0. The smallest absolute Gasteiger partial charge is 0.0933 e. The summed E-state index contributed by atoms with van der Waals surface area (Å²) < 4.78 is 0. The Kier molecular flexibility index (Phi) is 3.98. The van der Waals surface area contributed by atoms with E-state index in [1.165, 1.54) is 19.3 Å². The lowest BCUT2D eigenvalue weighted by molar-refractivity contribution is -0.551. The van der Waals surface area contributed by atoms with Crippen LogP contribution in [0, 0.1) is 5.41 Å². The van der Waals surface area contributed by atoms with Gasteiger partial charge in [0.15, 0.2) is 0 Å². The lowest BCUT2D eigenvalue weighted by Crippen LogP contribution is -2.36. The van der Waals surface area contributed by atoms with Crippen molar-refractivity contribution >= 4 is 0 Å². The van der Waals surface area contributed by atoms with Crippen molar-refractivity contribution in [2.75, 3.05) is 13.2 Å². The van der Waals surface area contributed by atoms with Crippen LogP contribution in [0.1, 0.15) is 39.5 Å². The molecule has 0 aromatic carbocycles. The van der Waals surface area contributed by atoms with Crippen molar-refractivity contribution in [2.45, 2.75) is 39.5 Å². The van der Waals surface area contributed by atoms with Crippen molar-refractivity contribution in [1.82, 2.24) is 0 Å². The van der Waals surface area contributed by atoms with Crippen LogP contribution in [-0.2, 0) is 14.8 Å². The highest BCUT2D eigenvalue weighted by atomic mass is 17.5. The highest BCUT2D eigenvalue weighted by Crippen LogP contribution is 2.32. The summed E-state index contributed by atoms with van der Waals surface area (Å²) in [6.45, 7) is 5.71. The topological polar surface area (TPSA) is 27.7 Å². The third-order valence-electron chi connectivity index (χ3n) is 2.64. The molecule has 0 aliphatic carbocycles. The number of unbranched alkanes of at least 4 members (excludes halogenated alkanes) is 1. The van der Waals surface area contributed by atoms with Crippen LogP contribution in [0.25, 0.3) is 0 Å². The van der Waals surface area contributed by atoms with Crippen molar-refractivity contribution in [2.24, 2.45) is 5.41 Å². The Hall–Kier alpha value is -0.120. The molecule has 0 aromatic rings. The molecule has 3 heteroatoms. The van der Waals surface area contributed by atoms with Crippen molar-refractivity contribution in [1.29, 1.82) is 0 Å². The van der Waals surface area contributed by atoms with E-state index in [9.17, 15) is 0 Å². The molecule has 0 amide bonds. The Morgan fingerprint density at radius 3 is 2.33 bits per heavy atom. The van der Waals surface area contributed by atoms with E-state index in [2.05, 4.69) is 18.9 Å². The zero-order valence-corrected chi connectivity index (χ0v) is 7.97. The van der Waals surface area contributed by atoms with E-state index in [1.807, 2.05) is 0 Å². The largest absolute Gasteiger partial charge is 0.206 e. The molecule has 12 heavy (non-hydrogen) atoms. The zero-order valence-electron chi connectivity index (χ0n) is 7.97. The third kappa shape index (κ3) is 2.44. The molecule has 1 aliphatic heterocycles. The average Bonchev–Trinajstić information content (AvgIpc) is 2.16. The van der Waals surface area contributed by atoms with Crippen molar-refractivity contribution < 1.29 is 14.8 Å². The lowest BCUT2D eigenvalue weighted by atomic mass is 9.82. The van der Waals surface area contributed by atoms with Gasteiger partial charge in [-0.05, 0) is 12.8 Å². The second-order valence-corrected chi connectivity index (χ2v) is 3.55. The van der Waals surface area contributed by atoms with E-state index in [-0.39, 0.29) is 5.41 Å². The fraction of sp³-hybridized carbons (Fsp3) is 1.00. The van der Waals surface area contributed by atoms with Gasteiger partial charge < -0.3 is 0 Å². The molecule has 1 fully saturated rings. The Labute approximate surface area is 73.9 Å². The minimum absolute atomic E-state index is 0.203. The first kappa shape index (κ1) is 9.96. The molecule has 0 spiro atoms. The summed E-state index contributed by atoms with van der Waals surface area (Å²) in [4.78, 5) is 9.70. The van der Waals surface area contributed by atoms with Crippen molar-refractivity contribution in [3.63, 3.8) is 0 Å². The van der Waals surface area contributed by atoms with Gasteiger partial charge in [-0.3, -0.25) is 0 Å². The van der Waals surface area contributed by atoms with Crippen LogP contribution in [0.2, 0.25) is 0 Å². The molecular weight excluding hydrogens is 156 g/mol. The Bertz CT molecular complexity index is 119. The molecule has 3 nitrogen and oxygen atoms in total. The van der Waals surface area contributed by atoms with Gasteiger partial charge in [0, 0.05) is 5.41 Å². The van der Waals surface area contributed by atoms with Crippen LogP contribution in [0.5, 0.6) is 0 Å². The molecule has 0 unspecified atom stereocenters. The molecule has 1 saturated heterocycles. The van der Waals surface area contributed by atoms with Gasteiger partial charge in [-0.25, -0.2) is 9.78 Å². The van der Waals surface area contributed by atoms with Crippen LogP contribution in [0.4, 0.5) is 0 Å². The van der Waals surface area contributed by atoms with Crippen LogP contribution in [-0.4, -0.2) is 13.2 Å². The fourth-order valence-corrected chi connectivity index (χ4v) is 1.45. The lowest BCUT2D eigenvalue weighted by Gasteiger charge is -2.33. The van der Waals surface area contributed by atoms with Gasteiger partial charge in [0.05, 0.1) is 13.2 Å². The summed E-state index contributed by atoms with van der Waals surface area (Å²) in [5, 5.41) is 4.41. The molecule has 1 rings (SSSR count). The van der Waals surface area contributed by atoms with Gasteiger partial charge in [-0.2, -0.15) is 0 Å². The maximum Gasteiger partial charge on any atom is 0.0933 e. The normalized spacial score (nSPS) is 22.5. The molecule has 1 aliphatic rings. The summed E-state index contributed by atoms with van der Waals surface area (Å²) in [6.07, 6.45) is 4.73. The van der Waals surface area contributed by atoms with Gasteiger partial charge in [-0.15, -0.1) is 0 Å². The van der Waals surface area contributed by atoms with Gasteiger partial charge in [0.1, 0.15) is 0 Å². The average molecular weight is 174 g/mol. The first-order chi connectivity index (χ1) is 5.83. The van der Waals surface area contributed by atoms with Gasteiger partial charge in [0.25, 0.3) is 0 Å². The minimum atomic E-state index is 0.203. The van der Waals surface area contributed by atoms with E-state index in [1.54, 1.807) is 0 Å². The molecule has 0 radical (unpaired) electrons. The van der Waals surface area contributed by atoms with Gasteiger partial charge in [-0.1, -0.05) is 31.7 Å². The predicted molar refractivity (Wildman–Crippen MR) is 45.2 cm³/mol. The van der Waals surface area contributed by atoms with Crippen LogP contribution in [0.15, 0.2) is 0 Å². The molecular formula is C9H18O3. The van der Waals surface area contributed by atoms with Crippen molar-refractivity contribution in [3.05, 3.63) is 0 Å². The number of hydrogen-bond acceptors (Lipinski definition) is 3. The van der Waals surface area contributed by atoms with E-state index in [0.717, 1.165) is 6.42 Å².